The lowest BCUT2D eigenvalue weighted by Crippen LogP contribution is -2.47. The Morgan fingerprint density at radius 2 is 2.10 bits per heavy atom. The van der Waals surface area contributed by atoms with E-state index in [0.717, 1.165) is 39.3 Å². The summed E-state index contributed by atoms with van der Waals surface area (Å²) in [5.74, 6) is 0. The average molecular weight is 310 g/mol. The third-order valence-electron chi connectivity index (χ3n) is 4.13. The number of morpholine rings is 1. The molecule has 3 heterocycles. The van der Waals surface area contributed by atoms with Crippen molar-refractivity contribution in [3.05, 3.63) is 16.1 Å². The summed E-state index contributed by atoms with van der Waals surface area (Å²) < 4.78 is 11.7. The zero-order valence-electron chi connectivity index (χ0n) is 13.3. The Bertz CT molecular complexity index is 463. The number of hydrogen-bond donors (Lipinski definition) is 0. The summed E-state index contributed by atoms with van der Waals surface area (Å²) in [7, 11) is 0. The van der Waals surface area contributed by atoms with Crippen molar-refractivity contribution < 1.29 is 9.47 Å². The van der Waals surface area contributed by atoms with Crippen LogP contribution in [0.5, 0.6) is 0 Å². The Balaban J connectivity index is 1.58. The van der Waals surface area contributed by atoms with Crippen molar-refractivity contribution in [1.82, 2.24) is 9.88 Å². The lowest BCUT2D eigenvalue weighted by molar-refractivity contribution is -0.0958. The second-order valence-electron chi connectivity index (χ2n) is 7.08. The predicted octanol–water partition coefficient (Wildman–Crippen LogP) is 2.82. The molecule has 2 atom stereocenters. The van der Waals surface area contributed by atoms with Crippen LogP contribution in [0.2, 0.25) is 0 Å². The van der Waals surface area contributed by atoms with Gasteiger partial charge in [0.25, 0.3) is 0 Å². The lowest BCUT2D eigenvalue weighted by Gasteiger charge is -2.35. The summed E-state index contributed by atoms with van der Waals surface area (Å²) in [6.45, 7) is 11.3. The summed E-state index contributed by atoms with van der Waals surface area (Å²) in [6.07, 6.45) is 4.92. The molecule has 0 N–H and O–H groups in total. The summed E-state index contributed by atoms with van der Waals surface area (Å²) in [6, 6.07) is 0. The fourth-order valence-corrected chi connectivity index (χ4v) is 3.96. The first-order chi connectivity index (χ1) is 10.0. The maximum absolute atomic E-state index is 5.91. The normalized spacial score (nSPS) is 28.1. The molecular weight excluding hydrogens is 284 g/mol. The van der Waals surface area contributed by atoms with Crippen LogP contribution in [0.15, 0.2) is 6.20 Å². The molecule has 3 rings (SSSR count). The van der Waals surface area contributed by atoms with Crippen molar-refractivity contribution in [3.8, 4) is 0 Å². The molecule has 2 saturated heterocycles. The monoisotopic (exact) mass is 310 g/mol. The molecule has 0 aromatic carbocycles. The minimum absolute atomic E-state index is 0.147. The first kappa shape index (κ1) is 15.4. The lowest BCUT2D eigenvalue weighted by atomic mass is 9.98. The van der Waals surface area contributed by atoms with E-state index in [1.165, 1.54) is 16.3 Å². The quantitative estimate of drug-likeness (QED) is 0.860. The predicted molar refractivity (Wildman–Crippen MR) is 84.8 cm³/mol. The Kier molecular flexibility index (Phi) is 4.64. The molecule has 0 radical (unpaired) electrons. The molecule has 0 aliphatic carbocycles. The van der Waals surface area contributed by atoms with Crippen molar-refractivity contribution in [3.63, 3.8) is 0 Å². The van der Waals surface area contributed by atoms with E-state index in [2.05, 4.69) is 30.7 Å². The molecule has 0 spiro atoms. The maximum Gasteiger partial charge on any atom is 0.0981 e. The zero-order chi connectivity index (χ0) is 14.9. The van der Waals surface area contributed by atoms with E-state index in [1.54, 1.807) is 0 Å². The van der Waals surface area contributed by atoms with Crippen molar-refractivity contribution in [1.29, 1.82) is 0 Å². The number of hydrogen-bond acceptors (Lipinski definition) is 5. The van der Waals surface area contributed by atoms with Gasteiger partial charge in [-0.25, -0.2) is 4.98 Å². The first-order valence-corrected chi connectivity index (χ1v) is 8.75. The molecule has 0 bridgehead atoms. The van der Waals surface area contributed by atoms with E-state index >= 15 is 0 Å². The fourth-order valence-electron chi connectivity index (χ4n) is 2.94. The number of rotatable bonds is 3. The molecule has 4 nitrogen and oxygen atoms in total. The van der Waals surface area contributed by atoms with E-state index in [0.29, 0.717) is 6.10 Å². The van der Waals surface area contributed by atoms with Crippen molar-refractivity contribution in [2.24, 2.45) is 0 Å². The SMILES string of the molecule is CC(C)(C)c1ncc(CN2CCO[C@H]([C@H]3CCCO3)C2)s1. The van der Waals surface area contributed by atoms with Gasteiger partial charge in [-0.2, -0.15) is 0 Å². The molecule has 0 saturated carbocycles. The van der Waals surface area contributed by atoms with Gasteiger partial charge in [0.2, 0.25) is 0 Å². The van der Waals surface area contributed by atoms with Crippen LogP contribution < -0.4 is 0 Å². The van der Waals surface area contributed by atoms with E-state index < -0.39 is 0 Å². The number of aromatic nitrogens is 1. The topological polar surface area (TPSA) is 34.6 Å². The highest BCUT2D eigenvalue weighted by Crippen LogP contribution is 2.28. The van der Waals surface area contributed by atoms with Crippen LogP contribution in [0.25, 0.3) is 0 Å². The van der Waals surface area contributed by atoms with Gasteiger partial charge in [-0.1, -0.05) is 20.8 Å². The maximum atomic E-state index is 5.91. The molecule has 5 heteroatoms. The molecule has 2 aliphatic rings. The molecule has 118 valence electrons. The second-order valence-corrected chi connectivity index (χ2v) is 8.19. The minimum atomic E-state index is 0.147. The van der Waals surface area contributed by atoms with Gasteiger partial charge in [0.1, 0.15) is 0 Å². The van der Waals surface area contributed by atoms with E-state index in [-0.39, 0.29) is 11.5 Å². The van der Waals surface area contributed by atoms with Gasteiger partial charge in [-0.15, -0.1) is 11.3 Å². The van der Waals surface area contributed by atoms with Gasteiger partial charge < -0.3 is 9.47 Å². The highest BCUT2D eigenvalue weighted by molar-refractivity contribution is 7.11. The molecular formula is C16H26N2O2S. The fraction of sp³-hybridized carbons (Fsp3) is 0.812. The van der Waals surface area contributed by atoms with E-state index in [1.807, 2.05) is 17.5 Å². The second kappa shape index (κ2) is 6.32. The number of nitrogens with zero attached hydrogens (tertiary/aromatic N) is 2. The Morgan fingerprint density at radius 3 is 2.76 bits per heavy atom. The summed E-state index contributed by atoms with van der Waals surface area (Å²) >= 11 is 1.84. The summed E-state index contributed by atoms with van der Waals surface area (Å²) in [5, 5.41) is 1.22. The van der Waals surface area contributed by atoms with Gasteiger partial charge in [-0.05, 0) is 12.8 Å². The number of thiazole rings is 1. The Morgan fingerprint density at radius 1 is 1.29 bits per heavy atom. The van der Waals surface area contributed by atoms with Gasteiger partial charge >= 0.3 is 0 Å². The summed E-state index contributed by atoms with van der Waals surface area (Å²) in [4.78, 5) is 8.42. The zero-order valence-corrected chi connectivity index (χ0v) is 14.1. The molecule has 1 aromatic heterocycles. The molecule has 2 aliphatic heterocycles. The van der Waals surface area contributed by atoms with Crippen LogP contribution in [-0.4, -0.2) is 48.4 Å². The van der Waals surface area contributed by atoms with Crippen LogP contribution in [0.3, 0.4) is 0 Å². The van der Waals surface area contributed by atoms with Gasteiger partial charge in [0.05, 0.1) is 23.8 Å². The highest BCUT2D eigenvalue weighted by atomic mass is 32.1. The molecule has 2 fully saturated rings. The van der Waals surface area contributed by atoms with Gasteiger partial charge in [0, 0.05) is 42.7 Å². The van der Waals surface area contributed by atoms with Gasteiger partial charge in [0.15, 0.2) is 0 Å². The van der Waals surface area contributed by atoms with Crippen molar-refractivity contribution >= 4 is 11.3 Å². The molecule has 0 unspecified atom stereocenters. The van der Waals surface area contributed by atoms with Crippen molar-refractivity contribution in [2.45, 2.75) is 57.8 Å². The molecule has 21 heavy (non-hydrogen) atoms. The van der Waals surface area contributed by atoms with Crippen LogP contribution in [0, 0.1) is 0 Å². The largest absolute Gasteiger partial charge is 0.375 e. The van der Waals surface area contributed by atoms with Crippen LogP contribution >= 0.6 is 11.3 Å². The highest BCUT2D eigenvalue weighted by Gasteiger charge is 2.31. The smallest absolute Gasteiger partial charge is 0.0981 e. The van der Waals surface area contributed by atoms with Crippen LogP contribution in [0.1, 0.15) is 43.5 Å². The van der Waals surface area contributed by atoms with Crippen LogP contribution in [0.4, 0.5) is 0 Å². The Labute approximate surface area is 131 Å². The third kappa shape index (κ3) is 3.83. The molecule has 0 amide bonds. The van der Waals surface area contributed by atoms with Crippen molar-refractivity contribution in [2.75, 3.05) is 26.3 Å². The average Bonchev–Trinajstić information content (AvgIpc) is 3.09. The number of ether oxygens (including phenoxy) is 2. The standard InChI is InChI=1S/C16H26N2O2S/c1-16(2,3)15-17-9-12(21-15)10-18-6-8-20-14(11-18)13-5-4-7-19-13/h9,13-14H,4-8,10-11H2,1-3H3/t13-,14+/m1/s1. The third-order valence-corrected chi connectivity index (χ3v) is 5.54. The molecule has 1 aromatic rings. The van der Waals surface area contributed by atoms with Gasteiger partial charge in [-0.3, -0.25) is 4.90 Å². The summed E-state index contributed by atoms with van der Waals surface area (Å²) in [5.41, 5.74) is 0.147. The minimum Gasteiger partial charge on any atom is -0.375 e. The van der Waals surface area contributed by atoms with Crippen LogP contribution in [-0.2, 0) is 21.4 Å². The Hall–Kier alpha value is -0.490. The first-order valence-electron chi connectivity index (χ1n) is 7.93. The van der Waals surface area contributed by atoms with E-state index in [9.17, 15) is 0 Å². The van der Waals surface area contributed by atoms with E-state index in [4.69, 9.17) is 9.47 Å².